The van der Waals surface area contributed by atoms with Crippen molar-refractivity contribution < 1.29 is 4.92 Å². The number of nitro groups is 1. The highest BCUT2D eigenvalue weighted by molar-refractivity contribution is 5.57. The summed E-state index contributed by atoms with van der Waals surface area (Å²) < 4.78 is 0. The normalized spacial score (nSPS) is 12.5. The Balaban J connectivity index is 2.89. The number of anilines is 1. The zero-order chi connectivity index (χ0) is 13.7. The molecule has 0 bridgehead atoms. The minimum atomic E-state index is -0.355. The van der Waals surface area contributed by atoms with Gasteiger partial charge in [0.15, 0.2) is 0 Å². The number of aryl methyl sites for hydroxylation is 1. The smallest absolute Gasteiger partial charge is 0.271 e. The van der Waals surface area contributed by atoms with E-state index in [1.807, 2.05) is 6.92 Å². The van der Waals surface area contributed by atoms with E-state index in [1.54, 1.807) is 18.2 Å². The summed E-state index contributed by atoms with van der Waals surface area (Å²) in [5, 5.41) is 14.2. The molecule has 1 N–H and O–H groups in total. The summed E-state index contributed by atoms with van der Waals surface area (Å²) in [7, 11) is 0. The summed E-state index contributed by atoms with van der Waals surface area (Å²) in [6, 6.07) is 5.28. The molecule has 0 saturated heterocycles. The number of hydrogen-bond acceptors (Lipinski definition) is 3. The second-order valence-electron chi connectivity index (χ2n) is 4.77. The molecule has 1 aromatic carbocycles. The summed E-state index contributed by atoms with van der Waals surface area (Å²) in [4.78, 5) is 10.4. The van der Waals surface area contributed by atoms with Crippen molar-refractivity contribution in [2.45, 2.75) is 46.6 Å². The molecule has 100 valence electrons. The maximum absolute atomic E-state index is 10.8. The molecule has 18 heavy (non-hydrogen) atoms. The highest BCUT2D eigenvalue weighted by Crippen LogP contribution is 2.25. The minimum absolute atomic E-state index is 0.139. The van der Waals surface area contributed by atoms with Gasteiger partial charge in [0, 0.05) is 23.9 Å². The standard InChI is InChI=1S/C14H22N2O2/c1-5-12(6-2)11(4)15-14-9-13(16(17)18)8-7-10(14)3/h7-9,11-12,15H,5-6H2,1-4H3. The van der Waals surface area contributed by atoms with Crippen molar-refractivity contribution in [1.82, 2.24) is 0 Å². The van der Waals surface area contributed by atoms with Crippen molar-refractivity contribution in [3.63, 3.8) is 0 Å². The van der Waals surface area contributed by atoms with Gasteiger partial charge in [-0.2, -0.15) is 0 Å². The Morgan fingerprint density at radius 2 is 1.94 bits per heavy atom. The van der Waals surface area contributed by atoms with Gasteiger partial charge in [-0.15, -0.1) is 0 Å². The Kier molecular flexibility index (Phi) is 5.13. The average molecular weight is 250 g/mol. The maximum Gasteiger partial charge on any atom is 0.271 e. The molecule has 4 heteroatoms. The molecular formula is C14H22N2O2. The van der Waals surface area contributed by atoms with E-state index >= 15 is 0 Å². The van der Waals surface area contributed by atoms with E-state index in [0.717, 1.165) is 24.1 Å². The molecule has 0 aliphatic carbocycles. The van der Waals surface area contributed by atoms with Crippen LogP contribution in [-0.2, 0) is 0 Å². The molecule has 0 aromatic heterocycles. The van der Waals surface area contributed by atoms with Crippen molar-refractivity contribution in [1.29, 1.82) is 0 Å². The molecule has 0 fully saturated rings. The second-order valence-corrected chi connectivity index (χ2v) is 4.77. The number of nitro benzene ring substituents is 1. The van der Waals surface area contributed by atoms with Gasteiger partial charge in [0.25, 0.3) is 5.69 Å². The minimum Gasteiger partial charge on any atom is -0.382 e. The number of rotatable bonds is 6. The Morgan fingerprint density at radius 3 is 2.44 bits per heavy atom. The first-order valence-electron chi connectivity index (χ1n) is 6.51. The van der Waals surface area contributed by atoms with Crippen LogP contribution in [0.5, 0.6) is 0 Å². The highest BCUT2D eigenvalue weighted by atomic mass is 16.6. The fourth-order valence-corrected chi connectivity index (χ4v) is 2.24. The van der Waals surface area contributed by atoms with Gasteiger partial charge in [0.1, 0.15) is 0 Å². The average Bonchev–Trinajstić information content (AvgIpc) is 2.33. The third kappa shape index (κ3) is 3.45. The van der Waals surface area contributed by atoms with E-state index < -0.39 is 0 Å². The van der Waals surface area contributed by atoms with Gasteiger partial charge in [-0.05, 0) is 25.3 Å². The fraction of sp³-hybridized carbons (Fsp3) is 0.571. The maximum atomic E-state index is 10.8. The molecule has 0 saturated carbocycles. The van der Waals surface area contributed by atoms with Crippen LogP contribution in [0.4, 0.5) is 11.4 Å². The molecule has 0 amide bonds. The van der Waals surface area contributed by atoms with Gasteiger partial charge >= 0.3 is 0 Å². The van der Waals surface area contributed by atoms with E-state index in [2.05, 4.69) is 26.1 Å². The Labute approximate surface area is 109 Å². The molecule has 1 aromatic rings. The van der Waals surface area contributed by atoms with Gasteiger partial charge in [-0.25, -0.2) is 0 Å². The molecule has 0 heterocycles. The van der Waals surface area contributed by atoms with Crippen molar-refractivity contribution in [3.8, 4) is 0 Å². The van der Waals surface area contributed by atoms with Crippen LogP contribution in [0.1, 0.15) is 39.2 Å². The molecule has 0 spiro atoms. The zero-order valence-corrected chi connectivity index (χ0v) is 11.6. The zero-order valence-electron chi connectivity index (χ0n) is 11.6. The summed E-state index contributed by atoms with van der Waals surface area (Å²) >= 11 is 0. The summed E-state index contributed by atoms with van der Waals surface area (Å²) in [5.74, 6) is 0.587. The molecule has 1 atom stereocenters. The van der Waals surface area contributed by atoms with Crippen LogP contribution < -0.4 is 5.32 Å². The molecule has 0 aliphatic heterocycles. The van der Waals surface area contributed by atoms with E-state index in [9.17, 15) is 10.1 Å². The van der Waals surface area contributed by atoms with E-state index in [0.29, 0.717) is 12.0 Å². The number of benzene rings is 1. The highest BCUT2D eigenvalue weighted by Gasteiger charge is 2.15. The summed E-state index contributed by atoms with van der Waals surface area (Å²) in [5.41, 5.74) is 2.04. The van der Waals surface area contributed by atoms with Crippen molar-refractivity contribution in [3.05, 3.63) is 33.9 Å². The molecule has 1 rings (SSSR count). The predicted molar refractivity (Wildman–Crippen MR) is 75.0 cm³/mol. The van der Waals surface area contributed by atoms with Gasteiger partial charge in [0.2, 0.25) is 0 Å². The van der Waals surface area contributed by atoms with E-state index in [-0.39, 0.29) is 10.6 Å². The Bertz CT molecular complexity index is 414. The number of hydrogen-bond donors (Lipinski definition) is 1. The molecular weight excluding hydrogens is 228 g/mol. The van der Waals surface area contributed by atoms with Gasteiger partial charge in [-0.1, -0.05) is 32.8 Å². The first-order valence-corrected chi connectivity index (χ1v) is 6.51. The van der Waals surface area contributed by atoms with Gasteiger partial charge in [0.05, 0.1) is 4.92 Å². The van der Waals surface area contributed by atoms with Crippen molar-refractivity contribution in [2.24, 2.45) is 5.92 Å². The largest absolute Gasteiger partial charge is 0.382 e. The summed E-state index contributed by atoms with van der Waals surface area (Å²) in [6.07, 6.45) is 2.22. The number of non-ortho nitro benzene ring substituents is 1. The second kappa shape index (κ2) is 6.38. The third-order valence-electron chi connectivity index (χ3n) is 3.57. The lowest BCUT2D eigenvalue weighted by atomic mass is 9.95. The summed E-state index contributed by atoms with van der Waals surface area (Å²) in [6.45, 7) is 8.45. The van der Waals surface area contributed by atoms with E-state index in [4.69, 9.17) is 0 Å². The lowest BCUT2D eigenvalue weighted by molar-refractivity contribution is -0.384. The van der Waals surface area contributed by atoms with Crippen molar-refractivity contribution >= 4 is 11.4 Å². The SMILES string of the molecule is CCC(CC)C(C)Nc1cc([N+](=O)[O-])ccc1C. The monoisotopic (exact) mass is 250 g/mol. The Morgan fingerprint density at radius 1 is 1.33 bits per heavy atom. The van der Waals surface area contributed by atoms with Crippen molar-refractivity contribution in [2.75, 3.05) is 5.32 Å². The first kappa shape index (κ1) is 14.5. The number of nitrogens with zero attached hydrogens (tertiary/aromatic N) is 1. The van der Waals surface area contributed by atoms with Crippen LogP contribution in [0.15, 0.2) is 18.2 Å². The first-order chi connectivity index (χ1) is 8.49. The predicted octanol–water partition coefficient (Wildman–Crippen LogP) is 4.14. The third-order valence-corrected chi connectivity index (χ3v) is 3.57. The Hall–Kier alpha value is -1.58. The molecule has 4 nitrogen and oxygen atoms in total. The van der Waals surface area contributed by atoms with E-state index in [1.165, 1.54) is 0 Å². The van der Waals surface area contributed by atoms with Crippen LogP contribution in [-0.4, -0.2) is 11.0 Å². The van der Waals surface area contributed by atoms with Crippen LogP contribution in [0, 0.1) is 23.0 Å². The van der Waals surface area contributed by atoms with Gasteiger partial charge < -0.3 is 5.32 Å². The lowest BCUT2D eigenvalue weighted by Crippen LogP contribution is -2.25. The molecule has 0 radical (unpaired) electrons. The molecule has 1 unspecified atom stereocenters. The van der Waals surface area contributed by atoms with Crippen LogP contribution in [0.25, 0.3) is 0 Å². The number of nitrogens with one attached hydrogen (secondary N) is 1. The van der Waals surface area contributed by atoms with Crippen LogP contribution >= 0.6 is 0 Å². The quantitative estimate of drug-likeness (QED) is 0.609. The lowest BCUT2D eigenvalue weighted by Gasteiger charge is -2.24. The van der Waals surface area contributed by atoms with Crippen LogP contribution in [0.2, 0.25) is 0 Å². The molecule has 0 aliphatic rings. The fourth-order valence-electron chi connectivity index (χ4n) is 2.24. The van der Waals surface area contributed by atoms with Gasteiger partial charge in [-0.3, -0.25) is 10.1 Å². The van der Waals surface area contributed by atoms with Crippen LogP contribution in [0.3, 0.4) is 0 Å². The topological polar surface area (TPSA) is 55.2 Å².